The monoisotopic (exact) mass is 249 g/mol. The molecule has 0 aromatic heterocycles. The van der Waals surface area contributed by atoms with Gasteiger partial charge in [-0.15, -0.1) is 0 Å². The van der Waals surface area contributed by atoms with E-state index in [0.717, 1.165) is 18.8 Å². The number of nitrogens with one attached hydrogen (secondary N) is 1. The Hall–Kier alpha value is -0.750. The van der Waals surface area contributed by atoms with E-state index in [9.17, 15) is 9.59 Å². The summed E-state index contributed by atoms with van der Waals surface area (Å²) in [5.74, 6) is -0.222. The van der Waals surface area contributed by atoms with Gasteiger partial charge in [0.25, 0.3) is 0 Å². The average molecular weight is 249 g/mol. The molecule has 0 saturated heterocycles. The minimum Gasteiger partial charge on any atom is -0.480 e. The summed E-state index contributed by atoms with van der Waals surface area (Å²) in [6.07, 6.45) is 0.980. The van der Waals surface area contributed by atoms with Crippen LogP contribution < -0.4 is 5.32 Å². The summed E-state index contributed by atoms with van der Waals surface area (Å²) in [5.41, 5.74) is 0. The summed E-state index contributed by atoms with van der Waals surface area (Å²) >= 11 is 1.46. The van der Waals surface area contributed by atoms with E-state index in [4.69, 9.17) is 9.84 Å². The first-order chi connectivity index (χ1) is 7.57. The predicted octanol–water partition coefficient (Wildman–Crippen LogP) is 0.736. The Morgan fingerprint density at radius 3 is 2.62 bits per heavy atom. The molecule has 94 valence electrons. The molecule has 1 atom stereocenters. The molecule has 0 aliphatic carbocycles. The van der Waals surface area contributed by atoms with Gasteiger partial charge in [-0.2, -0.15) is 11.8 Å². The summed E-state index contributed by atoms with van der Waals surface area (Å²) < 4.78 is 5.25. The van der Waals surface area contributed by atoms with Gasteiger partial charge in [0.1, 0.15) is 6.04 Å². The highest BCUT2D eigenvalue weighted by molar-refractivity contribution is 7.99. The molecule has 0 aliphatic rings. The third-order valence-corrected chi connectivity index (χ3v) is 2.70. The number of hydrogen-bond acceptors (Lipinski definition) is 4. The lowest BCUT2D eigenvalue weighted by Gasteiger charge is -2.12. The van der Waals surface area contributed by atoms with E-state index in [2.05, 4.69) is 5.32 Å². The topological polar surface area (TPSA) is 75.6 Å². The lowest BCUT2D eigenvalue weighted by molar-refractivity contribution is -0.140. The van der Waals surface area contributed by atoms with Crippen LogP contribution >= 0.6 is 11.8 Å². The fourth-order valence-corrected chi connectivity index (χ4v) is 1.85. The zero-order valence-electron chi connectivity index (χ0n) is 9.69. The third-order valence-electron chi connectivity index (χ3n) is 1.68. The first-order valence-electron chi connectivity index (χ1n) is 5.23. The lowest BCUT2D eigenvalue weighted by atomic mass is 10.3. The number of rotatable bonds is 9. The Balaban J connectivity index is 3.60. The Bertz CT molecular complexity index is 223. The van der Waals surface area contributed by atoms with Crippen molar-refractivity contribution in [2.24, 2.45) is 0 Å². The molecule has 5 nitrogen and oxygen atoms in total. The summed E-state index contributed by atoms with van der Waals surface area (Å²) in [6, 6.07) is -0.811. The van der Waals surface area contributed by atoms with E-state index < -0.39 is 12.0 Å². The molecule has 1 amide bonds. The lowest BCUT2D eigenvalue weighted by Crippen LogP contribution is -2.41. The van der Waals surface area contributed by atoms with Crippen molar-refractivity contribution < 1.29 is 19.4 Å². The standard InChI is InChI=1S/C10H19NO4S/c1-3-4-15-5-6-16-7-9(10(13)14)11-8(2)12/h9H,3-7H2,1-2H3,(H,11,12)(H,13,14). The van der Waals surface area contributed by atoms with Crippen molar-refractivity contribution in [3.05, 3.63) is 0 Å². The number of hydrogen-bond donors (Lipinski definition) is 2. The van der Waals surface area contributed by atoms with Crippen molar-refractivity contribution in [2.45, 2.75) is 26.3 Å². The molecule has 0 heterocycles. The first-order valence-corrected chi connectivity index (χ1v) is 6.38. The highest BCUT2D eigenvalue weighted by atomic mass is 32.2. The molecule has 6 heteroatoms. The van der Waals surface area contributed by atoms with E-state index in [1.807, 2.05) is 6.92 Å². The second-order valence-electron chi connectivity index (χ2n) is 3.28. The Morgan fingerprint density at radius 1 is 1.44 bits per heavy atom. The average Bonchev–Trinajstić information content (AvgIpc) is 2.20. The van der Waals surface area contributed by atoms with Crippen LogP contribution in [0.15, 0.2) is 0 Å². The van der Waals surface area contributed by atoms with Crippen LogP contribution in [0.2, 0.25) is 0 Å². The molecule has 0 aromatic carbocycles. The van der Waals surface area contributed by atoms with Gasteiger partial charge >= 0.3 is 5.97 Å². The van der Waals surface area contributed by atoms with Gasteiger partial charge < -0.3 is 15.2 Å². The van der Waals surface area contributed by atoms with E-state index in [0.29, 0.717) is 12.4 Å². The number of amides is 1. The maximum absolute atomic E-state index is 10.7. The van der Waals surface area contributed by atoms with Crippen molar-refractivity contribution in [3.8, 4) is 0 Å². The number of carboxylic acid groups (broad SMARTS) is 1. The Morgan fingerprint density at radius 2 is 2.12 bits per heavy atom. The first kappa shape index (κ1) is 15.2. The van der Waals surface area contributed by atoms with Crippen molar-refractivity contribution in [1.82, 2.24) is 5.32 Å². The van der Waals surface area contributed by atoms with Crippen molar-refractivity contribution in [2.75, 3.05) is 24.7 Å². The third kappa shape index (κ3) is 8.55. The maximum Gasteiger partial charge on any atom is 0.327 e. The molecule has 1 unspecified atom stereocenters. The molecule has 16 heavy (non-hydrogen) atoms. The molecular formula is C10H19NO4S. The number of carbonyl (C=O) groups excluding carboxylic acids is 1. The summed E-state index contributed by atoms with van der Waals surface area (Å²) in [7, 11) is 0. The van der Waals surface area contributed by atoms with Gasteiger partial charge in [0.15, 0.2) is 0 Å². The molecule has 0 fully saturated rings. The molecule has 0 aliphatic heterocycles. The highest BCUT2D eigenvalue weighted by Crippen LogP contribution is 2.03. The minimum absolute atomic E-state index is 0.324. The van der Waals surface area contributed by atoms with Crippen LogP contribution in [-0.2, 0) is 14.3 Å². The van der Waals surface area contributed by atoms with E-state index in [-0.39, 0.29) is 5.91 Å². The number of carboxylic acids is 1. The Labute approximate surface area is 99.9 Å². The van der Waals surface area contributed by atoms with Gasteiger partial charge in [0.05, 0.1) is 6.61 Å². The zero-order chi connectivity index (χ0) is 12.4. The van der Waals surface area contributed by atoms with Gasteiger partial charge in [-0.05, 0) is 6.42 Å². The Kier molecular flexibility index (Phi) is 9.03. The highest BCUT2D eigenvalue weighted by Gasteiger charge is 2.17. The fourth-order valence-electron chi connectivity index (χ4n) is 0.985. The van der Waals surface area contributed by atoms with Crippen LogP contribution in [0.5, 0.6) is 0 Å². The van der Waals surface area contributed by atoms with Gasteiger partial charge in [-0.3, -0.25) is 4.79 Å². The second-order valence-corrected chi connectivity index (χ2v) is 4.43. The number of thioether (sulfide) groups is 1. The SMILES string of the molecule is CCCOCCSCC(NC(C)=O)C(=O)O. The van der Waals surface area contributed by atoms with Gasteiger partial charge in [-0.1, -0.05) is 6.92 Å². The van der Waals surface area contributed by atoms with Crippen molar-refractivity contribution in [3.63, 3.8) is 0 Å². The fraction of sp³-hybridized carbons (Fsp3) is 0.800. The second kappa shape index (κ2) is 9.47. The number of aliphatic carboxylic acids is 1. The van der Waals surface area contributed by atoms with Gasteiger partial charge in [-0.25, -0.2) is 4.79 Å². The van der Waals surface area contributed by atoms with Crippen LogP contribution in [0.25, 0.3) is 0 Å². The number of ether oxygens (including phenoxy) is 1. The van der Waals surface area contributed by atoms with Gasteiger partial charge in [0, 0.05) is 25.0 Å². The van der Waals surface area contributed by atoms with E-state index in [1.165, 1.54) is 18.7 Å². The van der Waals surface area contributed by atoms with E-state index in [1.54, 1.807) is 0 Å². The van der Waals surface area contributed by atoms with Crippen LogP contribution in [0.1, 0.15) is 20.3 Å². The van der Waals surface area contributed by atoms with Crippen molar-refractivity contribution in [1.29, 1.82) is 0 Å². The predicted molar refractivity (Wildman–Crippen MR) is 63.7 cm³/mol. The normalized spacial score (nSPS) is 12.1. The molecule has 2 N–H and O–H groups in total. The smallest absolute Gasteiger partial charge is 0.327 e. The molecule has 0 saturated carbocycles. The van der Waals surface area contributed by atoms with Crippen molar-refractivity contribution >= 4 is 23.6 Å². The van der Waals surface area contributed by atoms with Crippen LogP contribution in [0.3, 0.4) is 0 Å². The van der Waals surface area contributed by atoms with Gasteiger partial charge in [0.2, 0.25) is 5.91 Å². The van der Waals surface area contributed by atoms with Crippen LogP contribution in [-0.4, -0.2) is 47.7 Å². The largest absolute Gasteiger partial charge is 0.480 e. The molecule has 0 aromatic rings. The molecule has 0 radical (unpaired) electrons. The minimum atomic E-state index is -1.00. The molecule has 0 rings (SSSR count). The molecule has 0 bridgehead atoms. The maximum atomic E-state index is 10.7. The summed E-state index contributed by atoms with van der Waals surface area (Å²) in [6.45, 7) is 4.69. The number of carbonyl (C=O) groups is 2. The van der Waals surface area contributed by atoms with Crippen LogP contribution in [0.4, 0.5) is 0 Å². The molecule has 0 spiro atoms. The van der Waals surface area contributed by atoms with Crippen LogP contribution in [0, 0.1) is 0 Å². The summed E-state index contributed by atoms with van der Waals surface area (Å²) in [4.78, 5) is 21.5. The quantitative estimate of drug-likeness (QED) is 0.589. The van der Waals surface area contributed by atoms with E-state index >= 15 is 0 Å². The summed E-state index contributed by atoms with van der Waals surface area (Å²) in [5, 5.41) is 11.2. The zero-order valence-corrected chi connectivity index (χ0v) is 10.5. The molecular weight excluding hydrogens is 230 g/mol.